The van der Waals surface area contributed by atoms with Crippen LogP contribution in [0.2, 0.25) is 0 Å². The van der Waals surface area contributed by atoms with Gasteiger partial charge in [-0.3, -0.25) is 4.79 Å². The summed E-state index contributed by atoms with van der Waals surface area (Å²) in [5.41, 5.74) is 0. The molecule has 0 heterocycles. The number of hydrogen-bond acceptors (Lipinski definition) is 4. The van der Waals surface area contributed by atoms with Gasteiger partial charge in [0.25, 0.3) is 0 Å². The molecule has 0 aliphatic rings. The van der Waals surface area contributed by atoms with E-state index in [4.69, 9.17) is 0 Å². The molecule has 0 aromatic carbocycles. The maximum Gasteiger partial charge on any atom is 0.249 e. The van der Waals surface area contributed by atoms with Crippen LogP contribution in [0.25, 0.3) is 0 Å². The van der Waals surface area contributed by atoms with Gasteiger partial charge in [0.2, 0.25) is 5.91 Å². The molecule has 3 unspecified atom stereocenters. The molecule has 0 aliphatic heterocycles. The average molecular weight is 832 g/mol. The summed E-state index contributed by atoms with van der Waals surface area (Å²) in [4.78, 5) is 12.5. The van der Waals surface area contributed by atoms with Crippen LogP contribution in [0, 0.1) is 0 Å². The molecule has 0 aromatic heterocycles. The van der Waals surface area contributed by atoms with Crippen LogP contribution in [-0.2, 0) is 4.79 Å². The van der Waals surface area contributed by atoms with Gasteiger partial charge < -0.3 is 20.6 Å². The molecule has 3 atom stereocenters. The number of aliphatic hydroxyl groups excluding tert-OH is 3. The van der Waals surface area contributed by atoms with Gasteiger partial charge in [0.05, 0.1) is 18.8 Å². The molecule has 0 fully saturated rings. The fourth-order valence-electron chi connectivity index (χ4n) is 8.36. The highest BCUT2D eigenvalue weighted by atomic mass is 16.3. The van der Waals surface area contributed by atoms with E-state index in [9.17, 15) is 20.1 Å². The van der Waals surface area contributed by atoms with Gasteiger partial charge in [0.1, 0.15) is 6.10 Å². The highest BCUT2D eigenvalue weighted by Crippen LogP contribution is 2.17. The third-order valence-corrected chi connectivity index (χ3v) is 12.5. The number of carbonyl (C=O) groups is 1. The Kier molecular flexibility index (Phi) is 48.5. The van der Waals surface area contributed by atoms with Crippen LogP contribution >= 0.6 is 0 Å². The molecule has 0 aromatic rings. The third kappa shape index (κ3) is 44.7. The van der Waals surface area contributed by atoms with Crippen LogP contribution < -0.4 is 5.32 Å². The van der Waals surface area contributed by atoms with Gasteiger partial charge in [-0.2, -0.15) is 0 Å². The van der Waals surface area contributed by atoms with Gasteiger partial charge in [-0.05, 0) is 44.9 Å². The zero-order chi connectivity index (χ0) is 43.0. The van der Waals surface area contributed by atoms with E-state index in [-0.39, 0.29) is 6.61 Å². The Bertz CT molecular complexity index is 874. The topological polar surface area (TPSA) is 89.8 Å². The molecule has 0 aliphatic carbocycles. The van der Waals surface area contributed by atoms with E-state index in [0.29, 0.717) is 6.42 Å². The van der Waals surface area contributed by atoms with E-state index in [1.807, 2.05) is 6.08 Å². The minimum Gasteiger partial charge on any atom is -0.394 e. The zero-order valence-electron chi connectivity index (χ0n) is 39.9. The molecule has 0 radical (unpaired) electrons. The predicted molar refractivity (Wildman–Crippen MR) is 259 cm³/mol. The lowest BCUT2D eigenvalue weighted by atomic mass is 10.0. The Morgan fingerprint density at radius 2 is 0.678 bits per heavy atom. The number of nitrogens with one attached hydrogen (secondary N) is 1. The molecule has 4 N–H and O–H groups in total. The molecule has 59 heavy (non-hydrogen) atoms. The minimum absolute atomic E-state index is 0.361. The zero-order valence-corrected chi connectivity index (χ0v) is 39.9. The van der Waals surface area contributed by atoms with Crippen molar-refractivity contribution in [1.82, 2.24) is 5.32 Å². The van der Waals surface area contributed by atoms with Crippen LogP contribution in [0.5, 0.6) is 0 Å². The van der Waals surface area contributed by atoms with Crippen LogP contribution in [0.3, 0.4) is 0 Å². The van der Waals surface area contributed by atoms with E-state index >= 15 is 0 Å². The van der Waals surface area contributed by atoms with Crippen LogP contribution in [0.1, 0.15) is 290 Å². The van der Waals surface area contributed by atoms with E-state index in [0.717, 1.165) is 32.1 Å². The molecule has 5 heteroatoms. The van der Waals surface area contributed by atoms with Gasteiger partial charge in [-0.25, -0.2) is 0 Å². The summed E-state index contributed by atoms with van der Waals surface area (Å²) in [6.07, 6.45) is 62.5. The number of aliphatic hydroxyl groups is 3. The molecular formula is C54H105NO4. The molecule has 1 amide bonds. The predicted octanol–water partition coefficient (Wildman–Crippen LogP) is 16.1. The highest BCUT2D eigenvalue weighted by Gasteiger charge is 2.22. The first kappa shape index (κ1) is 57.8. The van der Waals surface area contributed by atoms with Crippen molar-refractivity contribution in [3.8, 4) is 0 Å². The largest absolute Gasteiger partial charge is 0.394 e. The molecule has 0 spiro atoms. The van der Waals surface area contributed by atoms with Gasteiger partial charge in [-0.1, -0.05) is 269 Å². The first-order valence-electron chi connectivity index (χ1n) is 26.7. The molecule has 0 saturated heterocycles. The summed E-state index contributed by atoms with van der Waals surface area (Å²) < 4.78 is 0. The van der Waals surface area contributed by atoms with Crippen molar-refractivity contribution in [1.29, 1.82) is 0 Å². The number of rotatable bonds is 49. The molecule has 5 nitrogen and oxygen atoms in total. The third-order valence-electron chi connectivity index (χ3n) is 12.5. The van der Waals surface area contributed by atoms with Crippen molar-refractivity contribution >= 4 is 5.91 Å². The lowest BCUT2D eigenvalue weighted by Crippen LogP contribution is -2.48. The van der Waals surface area contributed by atoms with Crippen molar-refractivity contribution in [2.45, 2.75) is 308 Å². The number of allylic oxidation sites excluding steroid dienone is 3. The molecule has 0 rings (SSSR count). The first-order chi connectivity index (χ1) is 29.1. The summed E-state index contributed by atoms with van der Waals surface area (Å²) in [5.74, 6) is -0.500. The van der Waals surface area contributed by atoms with Crippen molar-refractivity contribution in [2.75, 3.05) is 6.61 Å². The maximum absolute atomic E-state index is 12.5. The molecule has 0 saturated carbocycles. The van der Waals surface area contributed by atoms with E-state index < -0.39 is 24.2 Å². The standard InChI is InChI=1S/C54H105NO4/c1-3-5-7-9-11-13-15-17-19-21-22-23-24-25-26-27-28-29-30-31-32-33-35-37-39-41-43-45-47-49-53(58)54(59)55-51(50-56)52(57)48-46-44-42-40-38-36-34-20-18-16-14-12-10-8-6-4-2/h25-26,46,48,51-53,56-58H,3-24,27-45,47,49-50H2,1-2H3,(H,55,59)/b26-25-,48-46+. The fourth-order valence-corrected chi connectivity index (χ4v) is 8.36. The summed E-state index contributed by atoms with van der Waals surface area (Å²) in [7, 11) is 0. The lowest BCUT2D eigenvalue weighted by molar-refractivity contribution is -0.131. The quantitative estimate of drug-likeness (QED) is 0.0363. The number of amides is 1. The van der Waals surface area contributed by atoms with Gasteiger partial charge in [0, 0.05) is 0 Å². The van der Waals surface area contributed by atoms with Gasteiger partial charge >= 0.3 is 0 Å². The Labute approximate surface area is 369 Å². The Balaban J connectivity index is 3.55. The summed E-state index contributed by atoms with van der Waals surface area (Å²) >= 11 is 0. The molecule has 0 bridgehead atoms. The monoisotopic (exact) mass is 832 g/mol. The summed E-state index contributed by atoms with van der Waals surface area (Å²) in [5, 5.41) is 33.3. The van der Waals surface area contributed by atoms with Gasteiger partial charge in [-0.15, -0.1) is 0 Å². The normalized spacial score (nSPS) is 13.5. The van der Waals surface area contributed by atoms with Crippen molar-refractivity contribution in [3.05, 3.63) is 24.3 Å². The second-order valence-electron chi connectivity index (χ2n) is 18.4. The smallest absolute Gasteiger partial charge is 0.249 e. The van der Waals surface area contributed by atoms with Crippen molar-refractivity contribution in [2.24, 2.45) is 0 Å². The SMILES string of the molecule is CCCCCCCCCCCCCC/C=C\CCCCCCCCCCCCCCCC(O)C(=O)NC(CO)C(O)/C=C/CCCCCCCCCCCCCCCC. The average Bonchev–Trinajstić information content (AvgIpc) is 3.24. The fraction of sp³-hybridized carbons (Fsp3) is 0.907. The lowest BCUT2D eigenvalue weighted by Gasteiger charge is -2.21. The molecule has 350 valence electrons. The van der Waals surface area contributed by atoms with Crippen LogP contribution in [0.15, 0.2) is 24.3 Å². The van der Waals surface area contributed by atoms with Crippen LogP contribution in [0.4, 0.5) is 0 Å². The molecular weight excluding hydrogens is 727 g/mol. The Morgan fingerprint density at radius 1 is 0.407 bits per heavy atom. The van der Waals surface area contributed by atoms with Crippen molar-refractivity contribution < 1.29 is 20.1 Å². The number of hydrogen-bond donors (Lipinski definition) is 4. The van der Waals surface area contributed by atoms with Crippen molar-refractivity contribution in [3.63, 3.8) is 0 Å². The summed E-state index contributed by atoms with van der Waals surface area (Å²) in [6.45, 7) is 4.21. The first-order valence-corrected chi connectivity index (χ1v) is 26.7. The second-order valence-corrected chi connectivity index (χ2v) is 18.4. The number of unbranched alkanes of at least 4 members (excludes halogenated alkanes) is 39. The number of carbonyl (C=O) groups excluding carboxylic acids is 1. The minimum atomic E-state index is -1.10. The second kappa shape index (κ2) is 49.5. The Hall–Kier alpha value is -1.17. The van der Waals surface area contributed by atoms with Crippen LogP contribution in [-0.4, -0.2) is 46.1 Å². The summed E-state index contributed by atoms with van der Waals surface area (Å²) in [6, 6.07) is -0.796. The highest BCUT2D eigenvalue weighted by molar-refractivity contribution is 5.80. The van der Waals surface area contributed by atoms with E-state index in [1.54, 1.807) is 6.08 Å². The Morgan fingerprint density at radius 3 is 0.983 bits per heavy atom. The van der Waals surface area contributed by atoms with Gasteiger partial charge in [0.15, 0.2) is 0 Å². The maximum atomic E-state index is 12.5. The van der Waals surface area contributed by atoms with E-state index in [2.05, 4.69) is 31.3 Å². The van der Waals surface area contributed by atoms with E-state index in [1.165, 1.54) is 238 Å².